The summed E-state index contributed by atoms with van der Waals surface area (Å²) in [6, 6.07) is 10.4. The number of fused-ring (bicyclic) bond motifs is 2. The fourth-order valence-corrected chi connectivity index (χ4v) is 4.20. The Kier molecular flexibility index (Phi) is 4.16. The monoisotopic (exact) mass is 401 g/mol. The number of phenolic OH excluding ortho intramolecular Hbond substituents is 1. The van der Waals surface area contributed by atoms with E-state index in [0.717, 1.165) is 24.0 Å². The topological polar surface area (TPSA) is 130 Å². The maximum absolute atomic E-state index is 12.7. The third-order valence-corrected chi connectivity index (χ3v) is 6.22. The van der Waals surface area contributed by atoms with Gasteiger partial charge in [0.15, 0.2) is 0 Å². The zero-order valence-electron chi connectivity index (χ0n) is 14.9. The van der Waals surface area contributed by atoms with Crippen LogP contribution in [0.3, 0.4) is 0 Å². The summed E-state index contributed by atoms with van der Waals surface area (Å²) in [5, 5.41) is 17.3. The summed E-state index contributed by atoms with van der Waals surface area (Å²) in [7, 11) is -3.82. The normalized spacial score (nSPS) is 17.1. The highest BCUT2D eigenvalue weighted by Crippen LogP contribution is 2.53. The number of rotatable bonds is 2. The van der Waals surface area contributed by atoms with Gasteiger partial charge in [0.05, 0.1) is 4.90 Å². The molecule has 2 aromatic rings. The number of carbonyl (C=O) groups is 2. The second-order valence-electron chi connectivity index (χ2n) is 7.31. The fraction of sp³-hybridized carbons (Fsp3) is 0.263. The van der Waals surface area contributed by atoms with Crippen molar-refractivity contribution in [3.8, 4) is 5.75 Å². The number of benzene rings is 2. The van der Waals surface area contributed by atoms with Crippen LogP contribution in [0.15, 0.2) is 47.4 Å². The van der Waals surface area contributed by atoms with E-state index in [9.17, 15) is 23.1 Å². The summed E-state index contributed by atoms with van der Waals surface area (Å²) in [5.74, 6) is -1.24. The first-order valence-electron chi connectivity index (χ1n) is 8.73. The summed E-state index contributed by atoms with van der Waals surface area (Å²) in [6.45, 7) is 0.730. The van der Waals surface area contributed by atoms with E-state index in [1.165, 1.54) is 29.2 Å². The van der Waals surface area contributed by atoms with Crippen molar-refractivity contribution in [2.45, 2.75) is 29.7 Å². The van der Waals surface area contributed by atoms with E-state index in [4.69, 9.17) is 5.14 Å². The van der Waals surface area contributed by atoms with Crippen LogP contribution >= 0.6 is 0 Å². The van der Waals surface area contributed by atoms with Crippen molar-refractivity contribution >= 4 is 27.5 Å². The van der Waals surface area contributed by atoms with E-state index in [-0.39, 0.29) is 16.1 Å². The number of nitrogens with one attached hydrogen (secondary N) is 1. The maximum Gasteiger partial charge on any atom is 0.313 e. The van der Waals surface area contributed by atoms with E-state index >= 15 is 0 Å². The zero-order valence-corrected chi connectivity index (χ0v) is 15.7. The molecule has 28 heavy (non-hydrogen) atoms. The molecule has 8 nitrogen and oxygen atoms in total. The van der Waals surface area contributed by atoms with Crippen molar-refractivity contribution in [3.05, 3.63) is 53.6 Å². The first-order valence-corrected chi connectivity index (χ1v) is 10.3. The number of hydrogen-bond donors (Lipinski definition) is 3. The average molecular weight is 401 g/mol. The number of carbonyl (C=O) groups excluding carboxylic acids is 2. The molecule has 1 fully saturated rings. The zero-order chi connectivity index (χ0) is 20.1. The molecule has 0 bridgehead atoms. The Balaban J connectivity index is 1.49. The molecule has 4 rings (SSSR count). The molecule has 146 valence electrons. The summed E-state index contributed by atoms with van der Waals surface area (Å²) in [5.41, 5.74) is 2.10. The van der Waals surface area contributed by atoms with Crippen molar-refractivity contribution in [1.29, 1.82) is 0 Å². The molecule has 0 unspecified atom stereocenters. The lowest BCUT2D eigenvalue weighted by Gasteiger charge is -2.34. The van der Waals surface area contributed by atoms with E-state index in [1.807, 2.05) is 0 Å². The van der Waals surface area contributed by atoms with Crippen molar-refractivity contribution in [2.75, 3.05) is 11.9 Å². The molecule has 1 saturated carbocycles. The fourth-order valence-electron chi connectivity index (χ4n) is 3.69. The van der Waals surface area contributed by atoms with Gasteiger partial charge in [-0.2, -0.15) is 0 Å². The number of nitrogens with zero attached hydrogens (tertiary/aromatic N) is 1. The van der Waals surface area contributed by atoms with Crippen LogP contribution in [0.1, 0.15) is 24.0 Å². The van der Waals surface area contributed by atoms with Gasteiger partial charge >= 0.3 is 11.8 Å². The number of aromatic hydroxyl groups is 1. The number of nitrogens with two attached hydrogens (primary N) is 1. The van der Waals surface area contributed by atoms with Gasteiger partial charge in [0.2, 0.25) is 10.0 Å². The van der Waals surface area contributed by atoms with Crippen LogP contribution in [-0.4, -0.2) is 36.8 Å². The Hall–Kier alpha value is -2.91. The van der Waals surface area contributed by atoms with E-state index in [0.29, 0.717) is 18.8 Å². The summed E-state index contributed by atoms with van der Waals surface area (Å²) >= 11 is 0. The molecule has 0 atom stereocenters. The van der Waals surface area contributed by atoms with E-state index in [1.54, 1.807) is 18.2 Å². The number of hydrogen-bond acceptors (Lipinski definition) is 5. The molecular formula is C19H19N3O5S. The standard InChI is InChI=1S/C19H19N3O5S/c20-28(26,27)15-5-2-13(3-6-15)21-17(24)18(25)22-10-12-1-4-14(23)9-16(12)19(11-22)7-8-19/h1-6,9,23H,7-8,10-11H2,(H,21,24)(H2,20,26,27). The second-order valence-corrected chi connectivity index (χ2v) is 8.87. The Morgan fingerprint density at radius 2 is 1.79 bits per heavy atom. The Morgan fingerprint density at radius 1 is 1.11 bits per heavy atom. The van der Waals surface area contributed by atoms with E-state index in [2.05, 4.69) is 5.32 Å². The van der Waals surface area contributed by atoms with Crippen molar-refractivity contribution in [1.82, 2.24) is 4.90 Å². The van der Waals surface area contributed by atoms with Crippen molar-refractivity contribution < 1.29 is 23.1 Å². The van der Waals surface area contributed by atoms with Gasteiger partial charge in [-0.15, -0.1) is 0 Å². The first kappa shape index (κ1) is 18.5. The molecule has 2 aromatic carbocycles. The number of sulfonamides is 1. The Labute approximate surface area is 162 Å². The highest BCUT2D eigenvalue weighted by Gasteiger charge is 2.50. The van der Waals surface area contributed by atoms with Gasteiger partial charge < -0.3 is 15.3 Å². The molecule has 0 radical (unpaired) electrons. The molecule has 1 spiro atoms. The molecular weight excluding hydrogens is 382 g/mol. The molecule has 1 heterocycles. The van der Waals surface area contributed by atoms with Crippen LogP contribution in [0, 0.1) is 0 Å². The Morgan fingerprint density at radius 3 is 2.39 bits per heavy atom. The van der Waals surface area contributed by atoms with Crippen LogP contribution < -0.4 is 10.5 Å². The van der Waals surface area contributed by atoms with Crippen LogP contribution in [0.4, 0.5) is 5.69 Å². The minimum absolute atomic E-state index is 0.0802. The lowest BCUT2D eigenvalue weighted by molar-refractivity contribution is -0.144. The van der Waals surface area contributed by atoms with Crippen molar-refractivity contribution in [3.63, 3.8) is 0 Å². The van der Waals surface area contributed by atoms with Gasteiger partial charge in [0.25, 0.3) is 0 Å². The molecule has 1 aliphatic carbocycles. The molecule has 4 N–H and O–H groups in total. The number of anilines is 1. The molecule has 0 saturated heterocycles. The van der Waals surface area contributed by atoms with Gasteiger partial charge in [-0.05, 0) is 60.4 Å². The minimum Gasteiger partial charge on any atom is -0.508 e. The second kappa shape index (κ2) is 6.32. The van der Waals surface area contributed by atoms with Gasteiger partial charge in [-0.25, -0.2) is 13.6 Å². The maximum atomic E-state index is 12.7. The summed E-state index contributed by atoms with van der Waals surface area (Å²) < 4.78 is 22.6. The van der Waals surface area contributed by atoms with Gasteiger partial charge in [-0.1, -0.05) is 6.07 Å². The average Bonchev–Trinajstić information content (AvgIpc) is 3.41. The highest BCUT2D eigenvalue weighted by atomic mass is 32.2. The number of phenols is 1. The van der Waals surface area contributed by atoms with Crippen LogP contribution in [0.25, 0.3) is 0 Å². The van der Waals surface area contributed by atoms with Crippen LogP contribution in [0.5, 0.6) is 5.75 Å². The van der Waals surface area contributed by atoms with Crippen LogP contribution in [-0.2, 0) is 31.6 Å². The summed E-state index contributed by atoms with van der Waals surface area (Å²) in [4.78, 5) is 26.5. The van der Waals surface area contributed by atoms with E-state index < -0.39 is 21.8 Å². The van der Waals surface area contributed by atoms with Gasteiger partial charge in [-0.3, -0.25) is 9.59 Å². The highest BCUT2D eigenvalue weighted by molar-refractivity contribution is 7.89. The lowest BCUT2D eigenvalue weighted by atomic mass is 9.86. The minimum atomic E-state index is -3.82. The quantitative estimate of drug-likeness (QED) is 0.648. The van der Waals surface area contributed by atoms with Crippen LogP contribution in [0.2, 0.25) is 0 Å². The lowest BCUT2D eigenvalue weighted by Crippen LogP contribution is -2.46. The smallest absolute Gasteiger partial charge is 0.313 e. The SMILES string of the molecule is NS(=O)(=O)c1ccc(NC(=O)C(=O)N2Cc3ccc(O)cc3C3(CC3)C2)cc1. The predicted octanol–water partition coefficient (Wildman–Crippen LogP) is 1.05. The largest absolute Gasteiger partial charge is 0.508 e. The third kappa shape index (κ3) is 3.34. The molecule has 2 amide bonds. The molecule has 9 heteroatoms. The summed E-state index contributed by atoms with van der Waals surface area (Å²) in [6.07, 6.45) is 1.81. The number of primary sulfonamides is 1. The Bertz CT molecular complexity index is 1080. The molecule has 0 aromatic heterocycles. The van der Waals surface area contributed by atoms with Crippen molar-refractivity contribution in [2.24, 2.45) is 5.14 Å². The van der Waals surface area contributed by atoms with Gasteiger partial charge in [0, 0.05) is 24.2 Å². The van der Waals surface area contributed by atoms with Gasteiger partial charge in [0.1, 0.15) is 5.75 Å². The molecule has 1 aliphatic heterocycles. The predicted molar refractivity (Wildman–Crippen MR) is 101 cm³/mol. The first-order chi connectivity index (χ1) is 13.2. The number of amides is 2. The third-order valence-electron chi connectivity index (χ3n) is 5.30. The molecule has 2 aliphatic rings.